The molecular formula is C16H30N+. The minimum atomic E-state index is 0.547. The molecule has 0 aromatic carbocycles. The van der Waals surface area contributed by atoms with Crippen LogP contribution in [-0.2, 0) is 0 Å². The van der Waals surface area contributed by atoms with Crippen LogP contribution in [0.5, 0.6) is 0 Å². The van der Waals surface area contributed by atoms with E-state index in [4.69, 9.17) is 6.42 Å². The summed E-state index contributed by atoms with van der Waals surface area (Å²) in [5.41, 5.74) is 0.547. The fraction of sp³-hybridized carbons (Fsp3) is 0.875. The second kappa shape index (κ2) is 5.44. The van der Waals surface area contributed by atoms with Gasteiger partial charge in [0.2, 0.25) is 0 Å². The average molecular weight is 236 g/mol. The molecule has 0 spiro atoms. The second-order valence-electron chi connectivity index (χ2n) is 7.59. The van der Waals surface area contributed by atoms with Gasteiger partial charge in [0.1, 0.15) is 6.54 Å². The van der Waals surface area contributed by atoms with Crippen LogP contribution in [0, 0.1) is 29.6 Å². The Labute approximate surface area is 108 Å². The van der Waals surface area contributed by atoms with E-state index in [1.54, 1.807) is 0 Å². The van der Waals surface area contributed by atoms with Crippen molar-refractivity contribution < 1.29 is 4.48 Å². The van der Waals surface area contributed by atoms with Gasteiger partial charge in [0, 0.05) is 0 Å². The number of rotatable bonds is 4. The largest absolute Gasteiger partial charge is 0.318 e. The predicted molar refractivity (Wildman–Crippen MR) is 75.6 cm³/mol. The molecule has 0 saturated heterocycles. The monoisotopic (exact) mass is 236 g/mol. The molecule has 1 nitrogen and oxygen atoms in total. The molecule has 0 heterocycles. The first-order chi connectivity index (χ1) is 7.74. The highest BCUT2D eigenvalue weighted by Gasteiger charge is 2.32. The highest BCUT2D eigenvalue weighted by atomic mass is 15.3. The Balaban J connectivity index is 2.44. The molecule has 1 heteroatoms. The molecule has 1 saturated carbocycles. The van der Waals surface area contributed by atoms with Crippen LogP contribution in [0.4, 0.5) is 0 Å². The SMILES string of the molecule is C#CC[N+](C)(C)CCC1CC(C)CC(C)(C)C1. The van der Waals surface area contributed by atoms with Crippen molar-refractivity contribution in [2.45, 2.75) is 46.5 Å². The molecule has 1 aliphatic carbocycles. The lowest BCUT2D eigenvalue weighted by Gasteiger charge is -2.40. The lowest BCUT2D eigenvalue weighted by atomic mass is 9.67. The Morgan fingerprint density at radius 1 is 1.29 bits per heavy atom. The molecule has 2 atom stereocenters. The van der Waals surface area contributed by atoms with Crippen molar-refractivity contribution >= 4 is 0 Å². The molecule has 0 aliphatic heterocycles. The van der Waals surface area contributed by atoms with Gasteiger partial charge < -0.3 is 4.48 Å². The number of terminal acetylenes is 1. The van der Waals surface area contributed by atoms with Crippen LogP contribution in [0.3, 0.4) is 0 Å². The summed E-state index contributed by atoms with van der Waals surface area (Å²) in [6.45, 7) is 9.34. The zero-order valence-electron chi connectivity index (χ0n) is 12.4. The quantitative estimate of drug-likeness (QED) is 0.517. The zero-order valence-corrected chi connectivity index (χ0v) is 12.4. The lowest BCUT2D eigenvalue weighted by molar-refractivity contribution is -0.883. The molecule has 0 bridgehead atoms. The summed E-state index contributed by atoms with van der Waals surface area (Å²) < 4.78 is 0.974. The van der Waals surface area contributed by atoms with Crippen LogP contribution < -0.4 is 0 Å². The second-order valence-corrected chi connectivity index (χ2v) is 7.59. The molecule has 17 heavy (non-hydrogen) atoms. The third-order valence-corrected chi connectivity index (χ3v) is 4.14. The summed E-state index contributed by atoms with van der Waals surface area (Å²) in [5.74, 6) is 4.59. The third kappa shape index (κ3) is 5.13. The minimum Gasteiger partial charge on any atom is -0.318 e. The fourth-order valence-corrected chi connectivity index (χ4v) is 3.62. The minimum absolute atomic E-state index is 0.547. The normalized spacial score (nSPS) is 28.7. The smallest absolute Gasteiger partial charge is 0.140 e. The van der Waals surface area contributed by atoms with Gasteiger partial charge in [-0.2, -0.15) is 0 Å². The Morgan fingerprint density at radius 2 is 1.94 bits per heavy atom. The van der Waals surface area contributed by atoms with Gasteiger partial charge in [-0.05, 0) is 48.9 Å². The van der Waals surface area contributed by atoms with Crippen LogP contribution in [0.1, 0.15) is 46.5 Å². The molecule has 0 aromatic rings. The van der Waals surface area contributed by atoms with Gasteiger partial charge in [-0.15, -0.1) is 6.42 Å². The maximum atomic E-state index is 5.42. The van der Waals surface area contributed by atoms with Gasteiger partial charge in [-0.3, -0.25) is 0 Å². The van der Waals surface area contributed by atoms with Gasteiger partial charge in [-0.25, -0.2) is 0 Å². The summed E-state index contributed by atoms with van der Waals surface area (Å²) >= 11 is 0. The summed E-state index contributed by atoms with van der Waals surface area (Å²) in [5, 5.41) is 0. The van der Waals surface area contributed by atoms with Crippen LogP contribution in [-0.4, -0.2) is 31.7 Å². The van der Waals surface area contributed by atoms with E-state index in [9.17, 15) is 0 Å². The van der Waals surface area contributed by atoms with E-state index >= 15 is 0 Å². The summed E-state index contributed by atoms with van der Waals surface area (Å²) in [6, 6.07) is 0. The molecule has 1 rings (SSSR count). The Kier molecular flexibility index (Phi) is 4.67. The van der Waals surface area contributed by atoms with Crippen molar-refractivity contribution in [2.75, 3.05) is 27.2 Å². The molecule has 98 valence electrons. The maximum Gasteiger partial charge on any atom is 0.140 e. The fourth-order valence-electron chi connectivity index (χ4n) is 3.62. The van der Waals surface area contributed by atoms with Crippen LogP contribution in [0.2, 0.25) is 0 Å². The molecule has 0 amide bonds. The van der Waals surface area contributed by atoms with E-state index in [0.717, 1.165) is 22.9 Å². The van der Waals surface area contributed by atoms with Crippen LogP contribution in [0.25, 0.3) is 0 Å². The van der Waals surface area contributed by atoms with E-state index in [2.05, 4.69) is 40.8 Å². The average Bonchev–Trinajstić information content (AvgIpc) is 2.11. The molecule has 2 unspecified atom stereocenters. The standard InChI is InChI=1S/C16H30N/c1-7-9-17(5,6)10-8-15-11-14(2)12-16(3,4)13-15/h1,14-15H,8-13H2,2-6H3/q+1. The van der Waals surface area contributed by atoms with Crippen molar-refractivity contribution in [1.29, 1.82) is 0 Å². The first-order valence-corrected chi connectivity index (χ1v) is 6.99. The first-order valence-electron chi connectivity index (χ1n) is 6.99. The van der Waals surface area contributed by atoms with Gasteiger partial charge in [0.25, 0.3) is 0 Å². The van der Waals surface area contributed by atoms with Crippen molar-refractivity contribution in [1.82, 2.24) is 0 Å². The highest BCUT2D eigenvalue weighted by Crippen LogP contribution is 2.42. The Bertz CT molecular complexity index is 282. The summed E-state index contributed by atoms with van der Waals surface area (Å²) in [4.78, 5) is 0. The number of hydrogen-bond donors (Lipinski definition) is 0. The van der Waals surface area contributed by atoms with Crippen LogP contribution >= 0.6 is 0 Å². The van der Waals surface area contributed by atoms with Crippen molar-refractivity contribution in [3.05, 3.63) is 0 Å². The Morgan fingerprint density at radius 3 is 2.47 bits per heavy atom. The Hall–Kier alpha value is -0.480. The van der Waals surface area contributed by atoms with Crippen molar-refractivity contribution in [3.63, 3.8) is 0 Å². The van der Waals surface area contributed by atoms with E-state index in [1.807, 2.05) is 0 Å². The highest BCUT2D eigenvalue weighted by molar-refractivity contribution is 4.84. The molecule has 1 aliphatic rings. The zero-order chi connectivity index (χ0) is 13.1. The lowest BCUT2D eigenvalue weighted by Crippen LogP contribution is -2.42. The van der Waals surface area contributed by atoms with Gasteiger partial charge in [0.05, 0.1) is 20.6 Å². The molecule has 0 aromatic heterocycles. The van der Waals surface area contributed by atoms with E-state index in [1.165, 1.54) is 32.2 Å². The molecule has 1 fully saturated rings. The summed E-state index contributed by atoms with van der Waals surface area (Å²) in [7, 11) is 4.49. The molecule has 0 N–H and O–H groups in total. The van der Waals surface area contributed by atoms with E-state index < -0.39 is 0 Å². The van der Waals surface area contributed by atoms with Gasteiger partial charge >= 0.3 is 0 Å². The summed E-state index contributed by atoms with van der Waals surface area (Å²) in [6.07, 6.45) is 11.0. The van der Waals surface area contributed by atoms with E-state index in [-0.39, 0.29) is 0 Å². The van der Waals surface area contributed by atoms with Crippen LogP contribution in [0.15, 0.2) is 0 Å². The number of quaternary nitrogens is 1. The predicted octanol–water partition coefficient (Wildman–Crippen LogP) is 3.55. The van der Waals surface area contributed by atoms with Crippen molar-refractivity contribution in [2.24, 2.45) is 17.3 Å². The molecular weight excluding hydrogens is 206 g/mol. The molecule has 0 radical (unpaired) electrons. The van der Waals surface area contributed by atoms with E-state index in [0.29, 0.717) is 5.41 Å². The number of hydrogen-bond acceptors (Lipinski definition) is 0. The number of nitrogens with zero attached hydrogens (tertiary/aromatic N) is 1. The van der Waals surface area contributed by atoms with Gasteiger partial charge in [-0.1, -0.05) is 20.8 Å². The topological polar surface area (TPSA) is 0 Å². The first kappa shape index (κ1) is 14.6. The van der Waals surface area contributed by atoms with Gasteiger partial charge in [0.15, 0.2) is 0 Å². The maximum absolute atomic E-state index is 5.42. The van der Waals surface area contributed by atoms with Crippen molar-refractivity contribution in [3.8, 4) is 12.3 Å². The third-order valence-electron chi connectivity index (χ3n) is 4.14.